The molecule has 324 valence electrons. The summed E-state index contributed by atoms with van der Waals surface area (Å²) in [5.74, 6) is 1.96. The molecule has 2 spiro atoms. The van der Waals surface area contributed by atoms with Gasteiger partial charge in [0.2, 0.25) is 11.8 Å². The van der Waals surface area contributed by atoms with E-state index in [1.807, 2.05) is 28.4 Å². The van der Waals surface area contributed by atoms with Crippen molar-refractivity contribution in [1.29, 1.82) is 0 Å². The van der Waals surface area contributed by atoms with Gasteiger partial charge in [0.1, 0.15) is 5.82 Å². The molecule has 0 radical (unpaired) electrons. The van der Waals surface area contributed by atoms with E-state index in [1.54, 1.807) is 25.2 Å². The molecule has 0 N–H and O–H groups in total. The molecule has 0 bridgehead atoms. The fraction of sp³-hybridized carbons (Fsp3) is 0.571. The average molecular weight is 844 g/mol. The summed E-state index contributed by atoms with van der Waals surface area (Å²) in [5, 5.41) is 3.23. The van der Waals surface area contributed by atoms with E-state index in [-0.39, 0.29) is 22.6 Å². The molecule has 0 aliphatic carbocycles. The number of carbonyl (C=O) groups is 2. The number of piperidine rings is 4. The Kier molecular flexibility index (Phi) is 12.2. The van der Waals surface area contributed by atoms with Gasteiger partial charge in [-0.15, -0.1) is 11.3 Å². The van der Waals surface area contributed by atoms with Gasteiger partial charge in [-0.1, -0.05) is 50.2 Å². The third-order valence-corrected chi connectivity index (χ3v) is 15.8. The molecule has 2 amide bonds. The summed E-state index contributed by atoms with van der Waals surface area (Å²) >= 11 is 1.74. The summed E-state index contributed by atoms with van der Waals surface area (Å²) in [5.41, 5.74) is 6.43. The molecular weight excluding hydrogens is 779 g/mol. The van der Waals surface area contributed by atoms with Crippen molar-refractivity contribution < 1.29 is 9.59 Å². The Bertz CT molecular complexity index is 2130. The Morgan fingerprint density at radius 2 is 1.18 bits per heavy atom. The molecule has 2 aromatic heterocycles. The first kappa shape index (κ1) is 41.9. The highest BCUT2D eigenvalue weighted by Crippen LogP contribution is 2.49. The fourth-order valence-electron chi connectivity index (χ4n) is 11.6. The van der Waals surface area contributed by atoms with Crippen molar-refractivity contribution >= 4 is 45.5 Å². The highest BCUT2D eigenvalue weighted by Gasteiger charge is 2.48. The van der Waals surface area contributed by atoms with Gasteiger partial charge < -0.3 is 29.4 Å². The average Bonchev–Trinajstić information content (AvgIpc) is 4.02. The fourth-order valence-corrected chi connectivity index (χ4v) is 12.3. The minimum absolute atomic E-state index is 0.131. The molecule has 0 atom stereocenters. The monoisotopic (exact) mass is 843 g/mol. The summed E-state index contributed by atoms with van der Waals surface area (Å²) in [7, 11) is 0. The van der Waals surface area contributed by atoms with Crippen LogP contribution in [0.15, 0.2) is 72.5 Å². The lowest BCUT2D eigenvalue weighted by Crippen LogP contribution is -2.52. The topological polar surface area (TPSA) is 92.2 Å². The molecule has 4 saturated heterocycles. The molecular formula is C49H65N9O2S. The Morgan fingerprint density at radius 3 is 1.64 bits per heavy atom. The number of aromatic nitrogens is 3. The summed E-state index contributed by atoms with van der Waals surface area (Å²) in [6.45, 7) is 18.4. The second kappa shape index (κ2) is 17.8. The maximum absolute atomic E-state index is 12.3. The highest BCUT2D eigenvalue weighted by atomic mass is 32.1. The molecule has 4 fully saturated rings. The van der Waals surface area contributed by atoms with Crippen LogP contribution in [0.2, 0.25) is 0 Å². The lowest BCUT2D eigenvalue weighted by molar-refractivity contribution is -0.117. The molecule has 8 heterocycles. The smallest absolute Gasteiger partial charge is 0.223 e. The van der Waals surface area contributed by atoms with Crippen LogP contribution in [-0.4, -0.2) is 114 Å². The summed E-state index contributed by atoms with van der Waals surface area (Å²) < 4.78 is 0. The van der Waals surface area contributed by atoms with E-state index in [1.165, 1.54) is 41.9 Å². The van der Waals surface area contributed by atoms with Gasteiger partial charge in [-0.05, 0) is 113 Å². The van der Waals surface area contributed by atoms with Crippen molar-refractivity contribution in [2.45, 2.75) is 108 Å². The second-order valence-electron chi connectivity index (χ2n) is 19.1. The lowest BCUT2D eigenvalue weighted by Gasteiger charge is -2.45. The Hall–Kier alpha value is -4.39. The first-order valence-electron chi connectivity index (χ1n) is 23.1. The summed E-state index contributed by atoms with van der Waals surface area (Å²) in [6, 6.07) is 18.4. The zero-order valence-electron chi connectivity index (χ0n) is 36.8. The van der Waals surface area contributed by atoms with Crippen molar-refractivity contribution in [3.63, 3.8) is 0 Å². The molecule has 6 aliphatic heterocycles. The van der Waals surface area contributed by atoms with E-state index in [9.17, 15) is 9.59 Å². The van der Waals surface area contributed by atoms with E-state index in [4.69, 9.17) is 4.98 Å². The zero-order valence-corrected chi connectivity index (χ0v) is 37.7. The maximum Gasteiger partial charge on any atom is 0.223 e. The number of hydrogen-bond acceptors (Lipinski definition) is 10. The van der Waals surface area contributed by atoms with Crippen LogP contribution in [0.5, 0.6) is 0 Å². The lowest BCUT2D eigenvalue weighted by atomic mass is 9.74. The third kappa shape index (κ3) is 8.56. The molecule has 10 rings (SSSR count). The van der Waals surface area contributed by atoms with E-state index in [0.29, 0.717) is 18.0 Å². The number of fused-ring (bicyclic) bond motifs is 4. The minimum Gasteiger partial charge on any atom is -0.355 e. The number of thiazole rings is 1. The minimum atomic E-state index is 0.131. The van der Waals surface area contributed by atoms with Crippen molar-refractivity contribution in [2.24, 2.45) is 5.92 Å². The number of likely N-dealkylation sites (tertiary alicyclic amines) is 2. The first-order valence-corrected chi connectivity index (χ1v) is 23.9. The van der Waals surface area contributed by atoms with Gasteiger partial charge in [0, 0.05) is 105 Å². The van der Waals surface area contributed by atoms with Crippen molar-refractivity contribution in [1.82, 2.24) is 24.8 Å². The SMILES string of the molecule is CC(=O)N1CC2(CCN(C3CCN(c4cncc(CC(C)C)n4)CC3)CC2)c2ccccc21.CC(=O)N1CC2(CCN(C3CCN(c4nccs4)CC3)CC2)c2ccccc21. The summed E-state index contributed by atoms with van der Waals surface area (Å²) in [6.07, 6.45) is 16.1. The van der Waals surface area contributed by atoms with Crippen LogP contribution >= 0.6 is 11.3 Å². The standard InChI is InChI=1S/C27H37N5O.C22H28N4OS/c1-20(2)16-22-17-28-18-26(29-22)31-12-8-23(9-13-31)30-14-10-27(11-15-30)19-32(21(3)33)25-7-5-4-6-24(25)27;1-17(27)26-16-22(19-4-2-3-5-20(19)26)8-13-24(14-9-22)18-6-11-25(12-7-18)21-23-10-15-28-21/h4-7,17-18,20,23H,8-16,19H2,1-3H3;2-5,10,15,18H,6-9,11-14,16H2,1H3. The van der Waals surface area contributed by atoms with Crippen molar-refractivity contribution in [3.8, 4) is 0 Å². The normalized spacial score (nSPS) is 21.8. The first-order chi connectivity index (χ1) is 29.6. The molecule has 61 heavy (non-hydrogen) atoms. The molecule has 11 nitrogen and oxygen atoms in total. The van der Waals surface area contributed by atoms with Crippen LogP contribution in [0.1, 0.15) is 95.9 Å². The predicted octanol–water partition coefficient (Wildman–Crippen LogP) is 7.56. The number of anilines is 4. The van der Waals surface area contributed by atoms with Crippen LogP contribution in [0.4, 0.5) is 22.3 Å². The molecule has 0 saturated carbocycles. The van der Waals surface area contributed by atoms with Gasteiger partial charge in [-0.3, -0.25) is 14.6 Å². The van der Waals surface area contributed by atoms with Crippen LogP contribution in [0, 0.1) is 5.92 Å². The van der Waals surface area contributed by atoms with Gasteiger partial charge in [0.25, 0.3) is 0 Å². The molecule has 6 aliphatic rings. The van der Waals surface area contributed by atoms with Gasteiger partial charge in [0.05, 0.1) is 11.9 Å². The second-order valence-corrected chi connectivity index (χ2v) is 20.0. The number of para-hydroxylation sites is 2. The van der Waals surface area contributed by atoms with E-state index in [0.717, 1.165) is 120 Å². The van der Waals surface area contributed by atoms with E-state index < -0.39 is 0 Å². The number of hydrogen-bond donors (Lipinski definition) is 0. The van der Waals surface area contributed by atoms with Gasteiger partial charge in [-0.2, -0.15) is 0 Å². The van der Waals surface area contributed by atoms with Gasteiger partial charge >= 0.3 is 0 Å². The molecule has 4 aromatic rings. The highest BCUT2D eigenvalue weighted by molar-refractivity contribution is 7.13. The Balaban J connectivity index is 0.000000158. The third-order valence-electron chi connectivity index (χ3n) is 15.0. The molecule has 0 unspecified atom stereocenters. The van der Waals surface area contributed by atoms with Crippen LogP contribution in [0.25, 0.3) is 0 Å². The Labute approximate surface area is 367 Å². The largest absolute Gasteiger partial charge is 0.355 e. The number of carbonyl (C=O) groups excluding carboxylic acids is 2. The number of benzene rings is 2. The number of rotatable bonds is 6. The van der Waals surface area contributed by atoms with Crippen molar-refractivity contribution in [2.75, 3.05) is 85.0 Å². The maximum atomic E-state index is 12.3. The predicted molar refractivity (Wildman–Crippen MR) is 247 cm³/mol. The molecule has 12 heteroatoms. The Morgan fingerprint density at radius 1 is 0.689 bits per heavy atom. The number of nitrogens with zero attached hydrogens (tertiary/aromatic N) is 9. The molecule has 2 aromatic carbocycles. The van der Waals surface area contributed by atoms with Crippen LogP contribution in [0.3, 0.4) is 0 Å². The number of amides is 2. The van der Waals surface area contributed by atoms with Gasteiger partial charge in [0.15, 0.2) is 5.13 Å². The van der Waals surface area contributed by atoms with E-state index in [2.05, 4.69) is 97.3 Å². The van der Waals surface area contributed by atoms with Gasteiger partial charge in [-0.25, -0.2) is 9.97 Å². The van der Waals surface area contributed by atoms with Crippen LogP contribution < -0.4 is 19.6 Å². The van der Waals surface area contributed by atoms with E-state index >= 15 is 0 Å². The van der Waals surface area contributed by atoms with Crippen molar-refractivity contribution in [3.05, 3.63) is 89.3 Å². The summed E-state index contributed by atoms with van der Waals surface area (Å²) in [4.78, 5) is 52.5. The van der Waals surface area contributed by atoms with Crippen LogP contribution in [-0.2, 0) is 26.8 Å². The zero-order chi connectivity index (χ0) is 42.1. The quantitative estimate of drug-likeness (QED) is 0.195.